The number of rotatable bonds is 5. The van der Waals surface area contributed by atoms with Crippen molar-refractivity contribution in [1.29, 1.82) is 0 Å². The van der Waals surface area contributed by atoms with Gasteiger partial charge in [0, 0.05) is 18.0 Å². The van der Waals surface area contributed by atoms with Gasteiger partial charge in [-0.2, -0.15) is 0 Å². The Bertz CT molecular complexity index is 552. The fourth-order valence-corrected chi connectivity index (χ4v) is 3.91. The summed E-state index contributed by atoms with van der Waals surface area (Å²) < 4.78 is 14.2. The Hall–Kier alpha value is -1.46. The Kier molecular flexibility index (Phi) is 5.85. The van der Waals surface area contributed by atoms with Crippen molar-refractivity contribution < 1.29 is 14.3 Å². The Labute approximate surface area is 143 Å². The summed E-state index contributed by atoms with van der Waals surface area (Å²) in [5.41, 5.74) is 0.666. The molecule has 3 rings (SSSR count). The Morgan fingerprint density at radius 1 is 1.21 bits per heavy atom. The zero-order valence-corrected chi connectivity index (χ0v) is 14.1. The lowest BCUT2D eigenvalue weighted by Crippen LogP contribution is -2.40. The molecule has 132 valence electrons. The minimum atomic E-state index is -0.259. The number of benzene rings is 1. The number of halogens is 1. The minimum Gasteiger partial charge on any atom is -0.393 e. The summed E-state index contributed by atoms with van der Waals surface area (Å²) in [5, 5.41) is 12.6. The fraction of sp³-hybridized carbons (Fsp3) is 0.632. The van der Waals surface area contributed by atoms with Crippen LogP contribution in [0.2, 0.25) is 0 Å². The molecule has 1 heterocycles. The van der Waals surface area contributed by atoms with Gasteiger partial charge < -0.3 is 10.4 Å². The third kappa shape index (κ3) is 4.14. The predicted molar refractivity (Wildman–Crippen MR) is 90.9 cm³/mol. The number of hydrogen-bond donors (Lipinski definition) is 2. The van der Waals surface area contributed by atoms with E-state index in [1.165, 1.54) is 6.07 Å². The van der Waals surface area contributed by atoms with E-state index in [1.54, 1.807) is 6.07 Å². The Balaban J connectivity index is 1.64. The van der Waals surface area contributed by atoms with Crippen LogP contribution in [-0.4, -0.2) is 41.7 Å². The van der Waals surface area contributed by atoms with Gasteiger partial charge in [0.05, 0.1) is 12.1 Å². The lowest BCUT2D eigenvalue weighted by atomic mass is 9.87. The molecule has 4 nitrogen and oxygen atoms in total. The SMILES string of the molecule is O=C(NC[C@H](c1ccccc1F)N1CCCC1)C1CCC(O)CC1. The zero-order chi connectivity index (χ0) is 16.9. The number of carbonyl (C=O) groups excluding carboxylic acids is 1. The molecule has 0 bridgehead atoms. The molecule has 5 heteroatoms. The number of aliphatic hydroxyl groups is 1. The predicted octanol–water partition coefficient (Wildman–Crippen LogP) is 2.63. The van der Waals surface area contributed by atoms with E-state index in [0.717, 1.165) is 38.8 Å². The first-order valence-electron chi connectivity index (χ1n) is 9.09. The molecule has 0 spiro atoms. The largest absolute Gasteiger partial charge is 0.393 e. The van der Waals surface area contributed by atoms with Gasteiger partial charge >= 0.3 is 0 Å². The molecule has 24 heavy (non-hydrogen) atoms. The number of nitrogens with one attached hydrogen (secondary N) is 1. The van der Waals surface area contributed by atoms with Crippen LogP contribution in [0, 0.1) is 11.7 Å². The number of carbonyl (C=O) groups is 1. The zero-order valence-electron chi connectivity index (χ0n) is 14.1. The van der Waals surface area contributed by atoms with Crippen molar-refractivity contribution in [2.45, 2.75) is 50.7 Å². The van der Waals surface area contributed by atoms with E-state index >= 15 is 0 Å². The van der Waals surface area contributed by atoms with Crippen LogP contribution in [0.15, 0.2) is 24.3 Å². The molecule has 2 aliphatic rings. The van der Waals surface area contributed by atoms with Crippen molar-refractivity contribution in [3.8, 4) is 0 Å². The summed E-state index contributed by atoms with van der Waals surface area (Å²) >= 11 is 0. The average molecular weight is 334 g/mol. The number of nitrogens with zero attached hydrogens (tertiary/aromatic N) is 1. The molecular weight excluding hydrogens is 307 g/mol. The maximum absolute atomic E-state index is 14.2. The molecule has 0 aromatic heterocycles. The standard InChI is InChI=1S/C19H27FN2O2/c20-17-6-2-1-5-16(17)18(22-11-3-4-12-22)13-21-19(24)14-7-9-15(23)10-8-14/h1-2,5-6,14-15,18,23H,3-4,7-13H2,(H,21,24)/t14?,15?,18-/m1/s1. The highest BCUT2D eigenvalue weighted by molar-refractivity contribution is 5.78. The number of hydrogen-bond acceptors (Lipinski definition) is 3. The van der Waals surface area contributed by atoms with Crippen molar-refractivity contribution in [1.82, 2.24) is 10.2 Å². The van der Waals surface area contributed by atoms with Crippen molar-refractivity contribution >= 4 is 5.91 Å². The lowest BCUT2D eigenvalue weighted by Gasteiger charge is -2.30. The highest BCUT2D eigenvalue weighted by atomic mass is 19.1. The van der Waals surface area contributed by atoms with Crippen LogP contribution in [0.1, 0.15) is 50.1 Å². The van der Waals surface area contributed by atoms with Gasteiger partial charge in [0.2, 0.25) is 5.91 Å². The van der Waals surface area contributed by atoms with Crippen LogP contribution in [0.4, 0.5) is 4.39 Å². The molecular formula is C19H27FN2O2. The van der Waals surface area contributed by atoms with Crippen LogP contribution >= 0.6 is 0 Å². The van der Waals surface area contributed by atoms with Crippen LogP contribution in [0.5, 0.6) is 0 Å². The van der Waals surface area contributed by atoms with Gasteiger partial charge in [0.25, 0.3) is 0 Å². The number of likely N-dealkylation sites (tertiary alicyclic amines) is 1. The lowest BCUT2D eigenvalue weighted by molar-refractivity contribution is -0.126. The third-order valence-corrected chi connectivity index (χ3v) is 5.38. The van der Waals surface area contributed by atoms with Gasteiger partial charge in [-0.15, -0.1) is 0 Å². The highest BCUT2D eigenvalue weighted by Gasteiger charge is 2.29. The molecule has 2 N–H and O–H groups in total. The quantitative estimate of drug-likeness (QED) is 0.870. The summed E-state index contributed by atoms with van der Waals surface area (Å²) in [7, 11) is 0. The van der Waals surface area contributed by atoms with E-state index in [1.807, 2.05) is 12.1 Å². The summed E-state index contributed by atoms with van der Waals surface area (Å²) in [6.07, 6.45) is 4.85. The van der Waals surface area contributed by atoms with Crippen LogP contribution in [0.3, 0.4) is 0 Å². The molecule has 0 unspecified atom stereocenters. The summed E-state index contributed by atoms with van der Waals surface area (Å²) in [4.78, 5) is 14.7. The van der Waals surface area contributed by atoms with Gasteiger partial charge in [0.1, 0.15) is 5.82 Å². The van der Waals surface area contributed by atoms with E-state index in [2.05, 4.69) is 10.2 Å². The monoisotopic (exact) mass is 334 g/mol. The van der Waals surface area contributed by atoms with E-state index in [4.69, 9.17) is 0 Å². The van der Waals surface area contributed by atoms with Crippen molar-refractivity contribution in [2.24, 2.45) is 5.92 Å². The highest BCUT2D eigenvalue weighted by Crippen LogP contribution is 2.28. The van der Waals surface area contributed by atoms with Gasteiger partial charge in [-0.25, -0.2) is 4.39 Å². The molecule has 1 saturated carbocycles. The number of aliphatic hydroxyl groups excluding tert-OH is 1. The molecule has 1 saturated heterocycles. The van der Waals surface area contributed by atoms with Gasteiger partial charge in [-0.1, -0.05) is 18.2 Å². The van der Waals surface area contributed by atoms with Crippen molar-refractivity contribution in [3.63, 3.8) is 0 Å². The first kappa shape index (κ1) is 17.4. The van der Waals surface area contributed by atoms with Crippen molar-refractivity contribution in [3.05, 3.63) is 35.6 Å². The molecule has 0 radical (unpaired) electrons. The maximum Gasteiger partial charge on any atom is 0.223 e. The second-order valence-electron chi connectivity index (χ2n) is 7.03. The normalized spacial score (nSPS) is 26.2. The fourth-order valence-electron chi connectivity index (χ4n) is 3.91. The van der Waals surface area contributed by atoms with Crippen LogP contribution in [-0.2, 0) is 4.79 Å². The van der Waals surface area contributed by atoms with Crippen LogP contribution in [0.25, 0.3) is 0 Å². The third-order valence-electron chi connectivity index (χ3n) is 5.38. The van der Waals surface area contributed by atoms with E-state index in [9.17, 15) is 14.3 Å². The minimum absolute atomic E-state index is 0.0201. The van der Waals surface area contributed by atoms with Gasteiger partial charge in [-0.3, -0.25) is 9.69 Å². The first-order valence-corrected chi connectivity index (χ1v) is 9.09. The summed E-state index contributed by atoms with van der Waals surface area (Å²) in [6, 6.07) is 6.76. The Morgan fingerprint density at radius 2 is 1.88 bits per heavy atom. The molecule has 1 aromatic carbocycles. The van der Waals surface area contributed by atoms with E-state index < -0.39 is 0 Å². The molecule has 1 aliphatic heterocycles. The van der Waals surface area contributed by atoms with E-state index in [-0.39, 0.29) is 29.8 Å². The molecule has 1 aliphatic carbocycles. The molecule has 1 aromatic rings. The second-order valence-corrected chi connectivity index (χ2v) is 7.03. The summed E-state index contributed by atoms with van der Waals surface area (Å²) in [6.45, 7) is 2.34. The van der Waals surface area contributed by atoms with Gasteiger partial charge in [0.15, 0.2) is 0 Å². The van der Waals surface area contributed by atoms with Gasteiger partial charge in [-0.05, 0) is 57.7 Å². The number of amides is 1. The summed E-state index contributed by atoms with van der Waals surface area (Å²) in [5.74, 6) is -0.180. The van der Waals surface area contributed by atoms with Crippen molar-refractivity contribution in [2.75, 3.05) is 19.6 Å². The second kappa shape index (κ2) is 8.08. The Morgan fingerprint density at radius 3 is 2.54 bits per heavy atom. The maximum atomic E-state index is 14.2. The molecule has 2 fully saturated rings. The smallest absolute Gasteiger partial charge is 0.223 e. The van der Waals surface area contributed by atoms with Crippen LogP contribution < -0.4 is 5.32 Å². The van der Waals surface area contributed by atoms with E-state index in [0.29, 0.717) is 24.9 Å². The average Bonchev–Trinajstić information content (AvgIpc) is 3.11. The molecule has 1 atom stereocenters. The molecule has 1 amide bonds. The topological polar surface area (TPSA) is 52.6 Å². The first-order chi connectivity index (χ1) is 11.6.